The zero-order chi connectivity index (χ0) is 20.4. The molecule has 1 aliphatic heterocycles. The maximum absolute atomic E-state index is 12.1. The van der Waals surface area contributed by atoms with Gasteiger partial charge in [0.15, 0.2) is 5.96 Å². The molecule has 0 aliphatic carbocycles. The van der Waals surface area contributed by atoms with Gasteiger partial charge in [-0.3, -0.25) is 14.4 Å². The van der Waals surface area contributed by atoms with Crippen molar-refractivity contribution in [1.82, 2.24) is 20.9 Å². The largest absolute Gasteiger partial charge is 0.368 e. The van der Waals surface area contributed by atoms with Crippen molar-refractivity contribution < 1.29 is 14.4 Å². The molecule has 1 aromatic rings. The van der Waals surface area contributed by atoms with E-state index < -0.39 is 5.91 Å². The Balaban J connectivity index is 1.87. The smallest absolute Gasteiger partial charge is 0.251 e. The van der Waals surface area contributed by atoms with Crippen LogP contribution in [0.2, 0.25) is 0 Å². The molecule has 9 nitrogen and oxygen atoms in total. The number of nitrogens with two attached hydrogens (primary N) is 1. The summed E-state index contributed by atoms with van der Waals surface area (Å²) in [4.78, 5) is 41.1. The third-order valence-electron chi connectivity index (χ3n) is 4.27. The van der Waals surface area contributed by atoms with Crippen molar-refractivity contribution in [2.24, 2.45) is 10.7 Å². The summed E-state index contributed by atoms with van der Waals surface area (Å²) in [6.07, 6.45) is 2.13. The Morgan fingerprint density at radius 1 is 1.04 bits per heavy atom. The van der Waals surface area contributed by atoms with E-state index in [4.69, 9.17) is 5.73 Å². The van der Waals surface area contributed by atoms with Gasteiger partial charge in [0.05, 0.1) is 19.6 Å². The van der Waals surface area contributed by atoms with E-state index in [0.717, 1.165) is 31.5 Å². The van der Waals surface area contributed by atoms with Gasteiger partial charge in [-0.1, -0.05) is 12.1 Å². The zero-order valence-electron chi connectivity index (χ0n) is 16.2. The van der Waals surface area contributed by atoms with E-state index in [-0.39, 0.29) is 24.9 Å². The molecular formula is C19H28N6O3. The van der Waals surface area contributed by atoms with Gasteiger partial charge >= 0.3 is 0 Å². The Morgan fingerprint density at radius 3 is 2.32 bits per heavy atom. The summed E-state index contributed by atoms with van der Waals surface area (Å²) in [5, 5.41) is 8.62. The first-order valence-corrected chi connectivity index (χ1v) is 9.45. The maximum Gasteiger partial charge on any atom is 0.251 e. The number of primary amides is 1. The van der Waals surface area contributed by atoms with E-state index in [2.05, 4.69) is 20.9 Å². The van der Waals surface area contributed by atoms with Crippen LogP contribution in [0.25, 0.3) is 0 Å². The average molecular weight is 388 g/mol. The number of likely N-dealkylation sites (tertiary alicyclic amines) is 1. The molecule has 9 heteroatoms. The van der Waals surface area contributed by atoms with Gasteiger partial charge in [-0.15, -0.1) is 0 Å². The summed E-state index contributed by atoms with van der Waals surface area (Å²) in [6.45, 7) is 4.71. The molecule has 0 spiro atoms. The van der Waals surface area contributed by atoms with E-state index in [1.807, 2.05) is 11.8 Å². The molecule has 0 radical (unpaired) electrons. The molecule has 0 bridgehead atoms. The zero-order valence-corrected chi connectivity index (χ0v) is 16.2. The average Bonchev–Trinajstić information content (AvgIpc) is 3.23. The predicted octanol–water partition coefficient (Wildman–Crippen LogP) is -0.421. The Labute approximate surface area is 164 Å². The molecule has 28 heavy (non-hydrogen) atoms. The summed E-state index contributed by atoms with van der Waals surface area (Å²) < 4.78 is 0. The number of nitrogens with one attached hydrogen (secondary N) is 3. The van der Waals surface area contributed by atoms with Crippen LogP contribution in [0.1, 0.15) is 35.7 Å². The highest BCUT2D eigenvalue weighted by Gasteiger charge is 2.17. The lowest BCUT2D eigenvalue weighted by molar-refractivity contribution is -0.128. The van der Waals surface area contributed by atoms with Crippen molar-refractivity contribution in [3.63, 3.8) is 0 Å². The van der Waals surface area contributed by atoms with Crippen LogP contribution in [0.5, 0.6) is 0 Å². The molecule has 1 heterocycles. The number of hydrogen-bond acceptors (Lipinski definition) is 4. The lowest BCUT2D eigenvalue weighted by Gasteiger charge is -2.17. The van der Waals surface area contributed by atoms with Crippen LogP contribution in [-0.2, 0) is 16.1 Å². The second-order valence-electron chi connectivity index (χ2n) is 6.48. The molecule has 0 unspecified atom stereocenters. The minimum absolute atomic E-state index is 0.0782. The Bertz CT molecular complexity index is 711. The van der Waals surface area contributed by atoms with Crippen molar-refractivity contribution in [3.05, 3.63) is 35.4 Å². The number of nitrogens with zero attached hydrogens (tertiary/aromatic N) is 2. The quantitative estimate of drug-likeness (QED) is 0.355. The maximum atomic E-state index is 12.1. The van der Waals surface area contributed by atoms with E-state index in [1.54, 1.807) is 24.3 Å². The first kappa shape index (κ1) is 21.2. The third-order valence-corrected chi connectivity index (χ3v) is 4.27. The van der Waals surface area contributed by atoms with Crippen molar-refractivity contribution in [3.8, 4) is 0 Å². The number of aliphatic imine (C=N–C) groups is 1. The van der Waals surface area contributed by atoms with Crippen molar-refractivity contribution in [2.45, 2.75) is 26.3 Å². The molecule has 0 aromatic heterocycles. The number of guanidine groups is 1. The molecule has 5 N–H and O–H groups in total. The van der Waals surface area contributed by atoms with Crippen molar-refractivity contribution in [2.75, 3.05) is 32.7 Å². The minimum Gasteiger partial charge on any atom is -0.368 e. The van der Waals surface area contributed by atoms with Crippen LogP contribution in [0.4, 0.5) is 0 Å². The van der Waals surface area contributed by atoms with E-state index in [0.29, 0.717) is 24.6 Å². The van der Waals surface area contributed by atoms with Crippen LogP contribution in [0, 0.1) is 0 Å². The molecule has 1 saturated heterocycles. The molecule has 1 fully saturated rings. The monoisotopic (exact) mass is 388 g/mol. The van der Waals surface area contributed by atoms with Gasteiger partial charge in [-0.05, 0) is 37.5 Å². The standard InChI is InChI=1S/C19H28N6O3/c1-2-21-19(24-13-17(27)25-9-3-4-10-25)23-11-14-5-7-15(8-6-14)18(28)22-12-16(20)26/h5-8H,2-4,9-13H2,1H3,(H2,20,26)(H,22,28)(H2,21,23,24). The first-order valence-electron chi connectivity index (χ1n) is 9.45. The predicted molar refractivity (Wildman–Crippen MR) is 107 cm³/mol. The second kappa shape index (κ2) is 10.9. The molecular weight excluding hydrogens is 360 g/mol. The summed E-state index contributed by atoms with van der Waals surface area (Å²) in [7, 11) is 0. The summed E-state index contributed by atoms with van der Waals surface area (Å²) in [5.74, 6) is -0.303. The number of benzene rings is 1. The van der Waals surface area contributed by atoms with E-state index >= 15 is 0 Å². The molecule has 2 rings (SSSR count). The number of amides is 3. The lowest BCUT2D eigenvalue weighted by atomic mass is 10.1. The summed E-state index contributed by atoms with van der Waals surface area (Å²) in [5.41, 5.74) is 6.36. The van der Waals surface area contributed by atoms with E-state index in [9.17, 15) is 14.4 Å². The number of hydrogen-bond donors (Lipinski definition) is 4. The molecule has 1 aromatic carbocycles. The number of carbonyl (C=O) groups excluding carboxylic acids is 3. The Hall–Kier alpha value is -3.10. The highest BCUT2D eigenvalue weighted by molar-refractivity contribution is 5.96. The Morgan fingerprint density at radius 2 is 1.71 bits per heavy atom. The molecule has 152 valence electrons. The van der Waals surface area contributed by atoms with Gasteiger partial charge in [0.25, 0.3) is 5.91 Å². The Kier molecular flexibility index (Phi) is 8.26. The molecule has 0 atom stereocenters. The van der Waals surface area contributed by atoms with Gasteiger partial charge in [-0.2, -0.15) is 0 Å². The van der Waals surface area contributed by atoms with Crippen molar-refractivity contribution >= 4 is 23.7 Å². The first-order chi connectivity index (χ1) is 13.5. The fraction of sp³-hybridized carbons (Fsp3) is 0.474. The van der Waals surface area contributed by atoms with E-state index in [1.165, 1.54) is 0 Å². The lowest BCUT2D eigenvalue weighted by Crippen LogP contribution is -2.44. The van der Waals surface area contributed by atoms with Crippen LogP contribution in [0.15, 0.2) is 29.3 Å². The van der Waals surface area contributed by atoms with Gasteiger partial charge in [0, 0.05) is 25.2 Å². The van der Waals surface area contributed by atoms with Crippen LogP contribution in [0.3, 0.4) is 0 Å². The number of carbonyl (C=O) groups is 3. The SMILES string of the molecule is CCNC(=NCc1ccc(C(=O)NCC(N)=O)cc1)NCC(=O)N1CCCC1. The van der Waals surface area contributed by atoms with Gasteiger partial charge in [0.2, 0.25) is 11.8 Å². The summed E-state index contributed by atoms with van der Waals surface area (Å²) in [6, 6.07) is 6.92. The fourth-order valence-electron chi connectivity index (χ4n) is 2.78. The van der Waals surface area contributed by atoms with Crippen molar-refractivity contribution in [1.29, 1.82) is 0 Å². The highest BCUT2D eigenvalue weighted by atomic mass is 16.2. The third kappa shape index (κ3) is 6.90. The number of rotatable bonds is 8. The minimum atomic E-state index is -0.592. The summed E-state index contributed by atoms with van der Waals surface area (Å²) >= 11 is 0. The topological polar surface area (TPSA) is 129 Å². The van der Waals surface area contributed by atoms with Gasteiger partial charge in [0.1, 0.15) is 0 Å². The molecule has 3 amide bonds. The fourth-order valence-corrected chi connectivity index (χ4v) is 2.78. The van der Waals surface area contributed by atoms with Gasteiger partial charge in [-0.25, -0.2) is 4.99 Å². The second-order valence-corrected chi connectivity index (χ2v) is 6.48. The molecule has 1 aliphatic rings. The van der Waals surface area contributed by atoms with Crippen LogP contribution in [-0.4, -0.2) is 61.3 Å². The van der Waals surface area contributed by atoms with Gasteiger partial charge < -0.3 is 26.6 Å². The normalized spacial score (nSPS) is 13.9. The van der Waals surface area contributed by atoms with Crippen LogP contribution < -0.4 is 21.7 Å². The molecule has 0 saturated carbocycles. The highest BCUT2D eigenvalue weighted by Crippen LogP contribution is 2.07. The van der Waals surface area contributed by atoms with Crippen LogP contribution >= 0.6 is 0 Å².